The number of benzene rings is 1. The van der Waals surface area contributed by atoms with E-state index in [1.54, 1.807) is 0 Å². The van der Waals surface area contributed by atoms with Crippen LogP contribution in [0, 0.1) is 6.92 Å². The number of rotatable bonds is 2. The highest BCUT2D eigenvalue weighted by atomic mass is 79.9. The second kappa shape index (κ2) is 4.57. The molecule has 5 heteroatoms. The van der Waals surface area contributed by atoms with Gasteiger partial charge in [-0.05, 0) is 24.6 Å². The van der Waals surface area contributed by atoms with Crippen LogP contribution in [0.25, 0.3) is 0 Å². The second-order valence-corrected chi connectivity index (χ2v) is 4.38. The van der Waals surface area contributed by atoms with Gasteiger partial charge in [-0.3, -0.25) is 0 Å². The van der Waals surface area contributed by atoms with E-state index in [1.165, 1.54) is 0 Å². The molecule has 1 aromatic carbocycles. The van der Waals surface area contributed by atoms with Gasteiger partial charge in [0.2, 0.25) is 5.95 Å². The van der Waals surface area contributed by atoms with Crippen LogP contribution in [0.15, 0.2) is 28.7 Å². The fourth-order valence-corrected chi connectivity index (χ4v) is 1.91. The maximum atomic E-state index is 5.57. The summed E-state index contributed by atoms with van der Waals surface area (Å²) < 4.78 is 1.05. The van der Waals surface area contributed by atoms with E-state index in [0.717, 1.165) is 10.0 Å². The third kappa shape index (κ3) is 2.76. The molecule has 16 heavy (non-hydrogen) atoms. The molecule has 0 radical (unpaired) electrons. The summed E-state index contributed by atoms with van der Waals surface area (Å²) in [6.45, 7) is 1.81. The van der Waals surface area contributed by atoms with Gasteiger partial charge in [0.15, 0.2) is 0 Å². The summed E-state index contributed by atoms with van der Waals surface area (Å²) in [5, 5.41) is 0. The number of hydrogen-bond donors (Lipinski definition) is 1. The average Bonchev–Trinajstić information content (AvgIpc) is 2.15. The summed E-state index contributed by atoms with van der Waals surface area (Å²) in [7, 11) is 0. The Morgan fingerprint density at radius 1 is 1.25 bits per heavy atom. The summed E-state index contributed by atoms with van der Waals surface area (Å²) in [4.78, 5) is 12.3. The first-order valence-electron chi connectivity index (χ1n) is 4.85. The standard InChI is InChI=1S/C11H11BrN4/c1-7-14-10(16-11(13)15-7)6-8-3-2-4-9(12)5-8/h2-5H,6H2,1H3,(H2,13,14,15,16). The lowest BCUT2D eigenvalue weighted by Crippen LogP contribution is -2.05. The predicted molar refractivity (Wildman–Crippen MR) is 65.9 cm³/mol. The first-order valence-corrected chi connectivity index (χ1v) is 5.64. The number of aryl methyl sites for hydroxylation is 1. The van der Waals surface area contributed by atoms with Crippen molar-refractivity contribution in [2.45, 2.75) is 13.3 Å². The molecule has 0 unspecified atom stereocenters. The maximum Gasteiger partial charge on any atom is 0.223 e. The molecule has 82 valence electrons. The van der Waals surface area contributed by atoms with Crippen LogP contribution in [-0.2, 0) is 6.42 Å². The monoisotopic (exact) mass is 278 g/mol. The van der Waals surface area contributed by atoms with E-state index in [9.17, 15) is 0 Å². The summed E-state index contributed by atoms with van der Waals surface area (Å²) in [5.74, 6) is 1.62. The van der Waals surface area contributed by atoms with Crippen molar-refractivity contribution in [3.8, 4) is 0 Å². The van der Waals surface area contributed by atoms with Crippen molar-refractivity contribution in [1.29, 1.82) is 0 Å². The van der Waals surface area contributed by atoms with Crippen LogP contribution >= 0.6 is 15.9 Å². The molecule has 0 atom stereocenters. The van der Waals surface area contributed by atoms with Crippen LogP contribution in [0.1, 0.15) is 17.2 Å². The van der Waals surface area contributed by atoms with Gasteiger partial charge in [0.25, 0.3) is 0 Å². The number of anilines is 1. The van der Waals surface area contributed by atoms with Gasteiger partial charge in [0.05, 0.1) is 0 Å². The molecule has 0 aliphatic rings. The van der Waals surface area contributed by atoms with E-state index in [2.05, 4.69) is 30.9 Å². The van der Waals surface area contributed by atoms with Gasteiger partial charge in [-0.2, -0.15) is 9.97 Å². The van der Waals surface area contributed by atoms with Crippen LogP contribution < -0.4 is 5.73 Å². The Hall–Kier alpha value is -1.49. The molecule has 0 spiro atoms. The number of nitrogens with zero attached hydrogens (tertiary/aromatic N) is 3. The Morgan fingerprint density at radius 3 is 2.75 bits per heavy atom. The fraction of sp³-hybridized carbons (Fsp3) is 0.182. The third-order valence-corrected chi connectivity index (χ3v) is 2.56. The molecule has 1 heterocycles. The van der Waals surface area contributed by atoms with Crippen molar-refractivity contribution >= 4 is 21.9 Å². The molecule has 0 bridgehead atoms. The Labute approximate surface area is 102 Å². The lowest BCUT2D eigenvalue weighted by Gasteiger charge is -2.03. The maximum absolute atomic E-state index is 5.57. The third-order valence-electron chi connectivity index (χ3n) is 2.06. The number of nitrogens with two attached hydrogens (primary N) is 1. The zero-order chi connectivity index (χ0) is 11.5. The minimum absolute atomic E-state index is 0.275. The molecule has 0 aliphatic heterocycles. The molecular weight excluding hydrogens is 268 g/mol. The molecule has 0 saturated heterocycles. The van der Waals surface area contributed by atoms with Crippen LogP contribution in [0.3, 0.4) is 0 Å². The molecule has 0 saturated carbocycles. The van der Waals surface area contributed by atoms with Crippen molar-refractivity contribution in [1.82, 2.24) is 15.0 Å². The Kier molecular flexibility index (Phi) is 3.14. The quantitative estimate of drug-likeness (QED) is 0.914. The van der Waals surface area contributed by atoms with Crippen LogP contribution in [0.5, 0.6) is 0 Å². The molecule has 2 N–H and O–H groups in total. The van der Waals surface area contributed by atoms with Gasteiger partial charge in [-0.1, -0.05) is 28.1 Å². The highest BCUT2D eigenvalue weighted by molar-refractivity contribution is 9.10. The van der Waals surface area contributed by atoms with E-state index in [4.69, 9.17) is 5.73 Å². The molecule has 2 rings (SSSR count). The molecule has 0 fully saturated rings. The average molecular weight is 279 g/mol. The predicted octanol–water partition coefficient (Wildman–Crippen LogP) is 2.12. The van der Waals surface area contributed by atoms with Gasteiger partial charge in [0, 0.05) is 10.9 Å². The number of hydrogen-bond acceptors (Lipinski definition) is 4. The largest absolute Gasteiger partial charge is 0.368 e. The molecule has 2 aromatic rings. The Bertz CT molecular complexity index is 493. The van der Waals surface area contributed by atoms with E-state index in [1.807, 2.05) is 31.2 Å². The lowest BCUT2D eigenvalue weighted by atomic mass is 10.1. The van der Waals surface area contributed by atoms with E-state index < -0.39 is 0 Å². The summed E-state index contributed by atoms with van der Waals surface area (Å²) >= 11 is 3.43. The van der Waals surface area contributed by atoms with E-state index in [0.29, 0.717) is 18.1 Å². The zero-order valence-corrected chi connectivity index (χ0v) is 10.4. The zero-order valence-electron chi connectivity index (χ0n) is 8.81. The van der Waals surface area contributed by atoms with Crippen molar-refractivity contribution in [3.05, 3.63) is 46.0 Å². The Morgan fingerprint density at radius 2 is 2.06 bits per heavy atom. The Balaban J connectivity index is 2.27. The SMILES string of the molecule is Cc1nc(N)nc(Cc2cccc(Br)c2)n1. The van der Waals surface area contributed by atoms with E-state index in [-0.39, 0.29) is 5.95 Å². The van der Waals surface area contributed by atoms with Gasteiger partial charge in [-0.25, -0.2) is 4.98 Å². The first kappa shape index (κ1) is 11.0. The van der Waals surface area contributed by atoms with Gasteiger partial charge in [-0.15, -0.1) is 0 Å². The molecular formula is C11H11BrN4. The number of aromatic nitrogens is 3. The molecule has 0 aliphatic carbocycles. The minimum atomic E-state index is 0.275. The minimum Gasteiger partial charge on any atom is -0.368 e. The number of halogens is 1. The molecule has 1 aromatic heterocycles. The molecule has 0 amide bonds. The van der Waals surface area contributed by atoms with Gasteiger partial charge < -0.3 is 5.73 Å². The van der Waals surface area contributed by atoms with Gasteiger partial charge >= 0.3 is 0 Å². The summed E-state index contributed by atoms with van der Waals surface area (Å²) in [6.07, 6.45) is 0.660. The summed E-state index contributed by atoms with van der Waals surface area (Å²) in [5.41, 5.74) is 6.71. The fourth-order valence-electron chi connectivity index (χ4n) is 1.47. The first-order chi connectivity index (χ1) is 7.63. The summed E-state index contributed by atoms with van der Waals surface area (Å²) in [6, 6.07) is 8.03. The highest BCUT2D eigenvalue weighted by Gasteiger charge is 2.03. The van der Waals surface area contributed by atoms with Gasteiger partial charge in [0.1, 0.15) is 11.6 Å². The van der Waals surface area contributed by atoms with Crippen molar-refractivity contribution in [3.63, 3.8) is 0 Å². The van der Waals surface area contributed by atoms with Crippen LogP contribution in [0.4, 0.5) is 5.95 Å². The van der Waals surface area contributed by atoms with Crippen molar-refractivity contribution in [2.75, 3.05) is 5.73 Å². The van der Waals surface area contributed by atoms with Crippen molar-refractivity contribution < 1.29 is 0 Å². The second-order valence-electron chi connectivity index (χ2n) is 3.46. The number of nitrogen functional groups attached to an aromatic ring is 1. The highest BCUT2D eigenvalue weighted by Crippen LogP contribution is 2.14. The molecule has 4 nitrogen and oxygen atoms in total. The van der Waals surface area contributed by atoms with Crippen molar-refractivity contribution in [2.24, 2.45) is 0 Å². The topological polar surface area (TPSA) is 64.7 Å². The van der Waals surface area contributed by atoms with Crippen LogP contribution in [-0.4, -0.2) is 15.0 Å². The van der Waals surface area contributed by atoms with E-state index >= 15 is 0 Å². The normalized spacial score (nSPS) is 10.4. The smallest absolute Gasteiger partial charge is 0.223 e. The lowest BCUT2D eigenvalue weighted by molar-refractivity contribution is 0.889. The van der Waals surface area contributed by atoms with Crippen LogP contribution in [0.2, 0.25) is 0 Å².